The lowest BCUT2D eigenvalue weighted by atomic mass is 10.0. The topological polar surface area (TPSA) is 30.0 Å². The number of rotatable bonds is 0. The fraction of sp³-hybridized carbons (Fsp3) is 0.538. The molecule has 2 heteroatoms. The summed E-state index contributed by atoms with van der Waals surface area (Å²) in [6.45, 7) is 8.75. The molecule has 0 saturated carbocycles. The van der Waals surface area contributed by atoms with Crippen LogP contribution in [-0.4, -0.2) is 10.8 Å². The summed E-state index contributed by atoms with van der Waals surface area (Å²) in [4.78, 5) is 14.9. The molecule has 0 saturated heterocycles. The third-order valence-electron chi connectivity index (χ3n) is 1.74. The number of hydrogen-bond donors (Lipinski definition) is 0. The Labute approximate surface area is 91.7 Å². The van der Waals surface area contributed by atoms with Gasteiger partial charge in [-0.15, -0.1) is 0 Å². The van der Waals surface area contributed by atoms with Crippen LogP contribution >= 0.6 is 0 Å². The monoisotopic (exact) mass is 205 g/mol. The van der Waals surface area contributed by atoms with Crippen molar-refractivity contribution in [3.8, 4) is 0 Å². The van der Waals surface area contributed by atoms with E-state index in [0.29, 0.717) is 18.3 Å². The highest BCUT2D eigenvalue weighted by Crippen LogP contribution is 2.15. The van der Waals surface area contributed by atoms with Crippen molar-refractivity contribution in [1.82, 2.24) is 4.98 Å². The molecule has 1 aliphatic carbocycles. The maximum absolute atomic E-state index is 10.9. The molecule has 0 spiro atoms. The molecule has 0 unspecified atom stereocenters. The van der Waals surface area contributed by atoms with Crippen molar-refractivity contribution < 1.29 is 4.79 Å². The lowest BCUT2D eigenvalue weighted by molar-refractivity contribution is -0.117. The molecule has 2 nitrogen and oxygen atoms in total. The molecule has 0 amide bonds. The van der Waals surface area contributed by atoms with Gasteiger partial charge in [0.25, 0.3) is 0 Å². The van der Waals surface area contributed by atoms with Gasteiger partial charge in [-0.25, -0.2) is 0 Å². The van der Waals surface area contributed by atoms with Crippen LogP contribution in [0.1, 0.15) is 39.0 Å². The number of fused-ring (bicyclic) bond motifs is 1. The predicted octanol–water partition coefficient (Wildman–Crippen LogP) is 2.80. The smallest absolute Gasteiger partial charge is 0.143 e. The molecule has 1 aromatic rings. The van der Waals surface area contributed by atoms with Crippen molar-refractivity contribution in [2.45, 2.75) is 40.5 Å². The molecule has 0 bridgehead atoms. The number of pyridine rings is 1. The fourth-order valence-corrected chi connectivity index (χ4v) is 1.25. The summed E-state index contributed by atoms with van der Waals surface area (Å²) in [5.41, 5.74) is 2.57. The summed E-state index contributed by atoms with van der Waals surface area (Å²) < 4.78 is 0. The van der Waals surface area contributed by atoms with Crippen molar-refractivity contribution in [2.24, 2.45) is 5.41 Å². The molecule has 0 aromatic carbocycles. The first-order chi connectivity index (χ1) is 6.86. The lowest BCUT2D eigenvalue weighted by Crippen LogP contribution is -1.93. The Morgan fingerprint density at radius 2 is 1.80 bits per heavy atom. The van der Waals surface area contributed by atoms with Gasteiger partial charge in [-0.05, 0) is 17.0 Å². The first kappa shape index (κ1) is 11.9. The zero-order chi connectivity index (χ0) is 11.5. The normalized spacial score (nSPS) is 14.3. The van der Waals surface area contributed by atoms with Gasteiger partial charge in [0.1, 0.15) is 5.78 Å². The average Bonchev–Trinajstić information content (AvgIpc) is 2.40. The second-order valence-electron chi connectivity index (χ2n) is 5.50. The Morgan fingerprint density at radius 1 is 1.20 bits per heavy atom. The van der Waals surface area contributed by atoms with Crippen LogP contribution in [0, 0.1) is 5.41 Å². The summed E-state index contributed by atoms with van der Waals surface area (Å²) in [6, 6.07) is 3.84. The highest BCUT2D eigenvalue weighted by Gasteiger charge is 2.17. The van der Waals surface area contributed by atoms with Crippen LogP contribution in [0.3, 0.4) is 0 Å². The molecule has 0 N–H and O–H groups in total. The van der Waals surface area contributed by atoms with Crippen LogP contribution < -0.4 is 0 Å². The zero-order valence-corrected chi connectivity index (χ0v) is 10.0. The van der Waals surface area contributed by atoms with Gasteiger partial charge in [0.15, 0.2) is 0 Å². The van der Waals surface area contributed by atoms with Crippen LogP contribution in [0.4, 0.5) is 0 Å². The van der Waals surface area contributed by atoms with Crippen molar-refractivity contribution >= 4 is 5.78 Å². The van der Waals surface area contributed by atoms with E-state index in [1.807, 2.05) is 12.1 Å². The molecule has 2 rings (SSSR count). The van der Waals surface area contributed by atoms with E-state index in [-0.39, 0.29) is 5.78 Å². The molecule has 82 valence electrons. The quantitative estimate of drug-likeness (QED) is 0.652. The van der Waals surface area contributed by atoms with E-state index < -0.39 is 0 Å². The molecule has 0 fully saturated rings. The first-order valence-corrected chi connectivity index (χ1v) is 5.31. The maximum Gasteiger partial charge on any atom is 0.143 e. The second-order valence-corrected chi connectivity index (χ2v) is 5.50. The largest absolute Gasteiger partial charge is 0.299 e. The van der Waals surface area contributed by atoms with E-state index in [1.165, 1.54) is 0 Å². The number of Topliss-reactive ketones (excluding diaryl/α,β-unsaturated/α-hetero) is 1. The minimum atomic E-state index is 0.286. The Balaban J connectivity index is 0.000000195. The number of ketones is 1. The minimum Gasteiger partial charge on any atom is -0.299 e. The Kier molecular flexibility index (Phi) is 3.61. The average molecular weight is 205 g/mol. The third kappa shape index (κ3) is 4.73. The van der Waals surface area contributed by atoms with E-state index in [4.69, 9.17) is 0 Å². The Morgan fingerprint density at radius 3 is 2.33 bits per heavy atom. The van der Waals surface area contributed by atoms with Gasteiger partial charge >= 0.3 is 0 Å². The molecule has 1 aliphatic rings. The number of carbonyl (C=O) groups is 1. The van der Waals surface area contributed by atoms with E-state index in [1.54, 1.807) is 6.20 Å². The van der Waals surface area contributed by atoms with Crippen molar-refractivity contribution in [3.05, 3.63) is 29.6 Å². The van der Waals surface area contributed by atoms with Crippen LogP contribution in [0.5, 0.6) is 0 Å². The van der Waals surface area contributed by atoms with Gasteiger partial charge in [-0.1, -0.05) is 33.8 Å². The molecule has 1 heterocycles. The lowest BCUT2D eigenvalue weighted by Gasteiger charge is -2.05. The molecule has 0 radical (unpaired) electrons. The van der Waals surface area contributed by atoms with Gasteiger partial charge in [0, 0.05) is 19.0 Å². The van der Waals surface area contributed by atoms with Crippen LogP contribution in [0.15, 0.2) is 18.3 Å². The van der Waals surface area contributed by atoms with Gasteiger partial charge in [-0.3, -0.25) is 9.78 Å². The Bertz CT molecular complexity index is 317. The number of nitrogens with zero attached hydrogens (tertiary/aromatic N) is 1. The maximum atomic E-state index is 10.9. The summed E-state index contributed by atoms with van der Waals surface area (Å²) in [5.74, 6) is 0.286. The second kappa shape index (κ2) is 4.56. The van der Waals surface area contributed by atoms with Crippen LogP contribution in [-0.2, 0) is 17.6 Å². The van der Waals surface area contributed by atoms with Gasteiger partial charge in [0.05, 0.1) is 5.69 Å². The third-order valence-corrected chi connectivity index (χ3v) is 1.74. The predicted molar refractivity (Wildman–Crippen MR) is 61.8 cm³/mol. The summed E-state index contributed by atoms with van der Waals surface area (Å²) in [6.07, 6.45) is 2.86. The van der Waals surface area contributed by atoms with Crippen molar-refractivity contribution in [2.75, 3.05) is 0 Å². The molecule has 15 heavy (non-hydrogen) atoms. The first-order valence-electron chi connectivity index (χ1n) is 5.31. The highest BCUT2D eigenvalue weighted by molar-refractivity contribution is 5.87. The highest BCUT2D eigenvalue weighted by atomic mass is 16.1. The summed E-state index contributed by atoms with van der Waals surface area (Å²) in [7, 11) is 0. The zero-order valence-electron chi connectivity index (χ0n) is 10.0. The van der Waals surface area contributed by atoms with Crippen LogP contribution in [0.2, 0.25) is 0 Å². The number of aromatic nitrogens is 1. The van der Waals surface area contributed by atoms with Crippen LogP contribution in [0.25, 0.3) is 0 Å². The summed E-state index contributed by atoms with van der Waals surface area (Å²) in [5, 5.41) is 0. The number of hydrogen-bond acceptors (Lipinski definition) is 2. The number of carbonyl (C=O) groups excluding carboxylic acids is 1. The van der Waals surface area contributed by atoms with E-state index in [2.05, 4.69) is 32.7 Å². The van der Waals surface area contributed by atoms with Gasteiger partial charge in [0.2, 0.25) is 0 Å². The fourth-order valence-electron chi connectivity index (χ4n) is 1.25. The van der Waals surface area contributed by atoms with Crippen molar-refractivity contribution in [3.63, 3.8) is 0 Å². The molecule has 1 aromatic heterocycles. The standard InChI is InChI=1S/C8H7NO.C5H12/c10-7-4-6-2-1-3-9-8(6)5-7;1-5(2,3)4/h1-3H,4-5H2;1-4H3. The van der Waals surface area contributed by atoms with E-state index in [0.717, 1.165) is 11.3 Å². The van der Waals surface area contributed by atoms with Crippen molar-refractivity contribution in [1.29, 1.82) is 0 Å². The van der Waals surface area contributed by atoms with Gasteiger partial charge in [-0.2, -0.15) is 0 Å². The molecule has 0 aliphatic heterocycles. The van der Waals surface area contributed by atoms with E-state index in [9.17, 15) is 4.79 Å². The minimum absolute atomic E-state index is 0.286. The summed E-state index contributed by atoms with van der Waals surface area (Å²) >= 11 is 0. The molecule has 0 atom stereocenters. The molecular weight excluding hydrogens is 186 g/mol. The Hall–Kier alpha value is -1.18. The van der Waals surface area contributed by atoms with Gasteiger partial charge < -0.3 is 0 Å². The molecular formula is C13H19NO. The van der Waals surface area contributed by atoms with E-state index >= 15 is 0 Å². The SMILES string of the molecule is CC(C)(C)C.O=C1Cc2cccnc2C1.